The molecule has 2 heterocycles. The monoisotopic (exact) mass is 239 g/mol. The molecule has 0 aliphatic heterocycles. The highest BCUT2D eigenvalue weighted by molar-refractivity contribution is 6.31. The van der Waals surface area contributed by atoms with Crippen LogP contribution in [0.1, 0.15) is 5.56 Å². The van der Waals surface area contributed by atoms with Crippen molar-refractivity contribution in [2.45, 2.75) is 6.54 Å². The molecule has 0 saturated heterocycles. The Morgan fingerprint density at radius 1 is 1.50 bits per heavy atom. The largest absolute Gasteiger partial charge is 0.404 e. The van der Waals surface area contributed by atoms with Crippen molar-refractivity contribution in [1.29, 1.82) is 0 Å². The van der Waals surface area contributed by atoms with E-state index >= 15 is 0 Å². The normalized spacial score (nSPS) is 10.4. The van der Waals surface area contributed by atoms with Gasteiger partial charge in [-0.1, -0.05) is 11.6 Å². The highest BCUT2D eigenvalue weighted by Crippen LogP contribution is 2.21. The van der Waals surface area contributed by atoms with Crippen LogP contribution in [0.15, 0.2) is 18.6 Å². The minimum atomic E-state index is 0.236. The van der Waals surface area contributed by atoms with Crippen molar-refractivity contribution in [2.24, 2.45) is 12.8 Å². The van der Waals surface area contributed by atoms with E-state index in [9.17, 15) is 0 Å². The second-order valence-electron chi connectivity index (χ2n) is 3.12. The van der Waals surface area contributed by atoms with E-state index in [1.165, 1.54) is 17.2 Å². The Morgan fingerprint density at radius 2 is 2.31 bits per heavy atom. The number of halogens is 1. The number of pyridine rings is 1. The second kappa shape index (κ2) is 4.46. The lowest BCUT2D eigenvalue weighted by atomic mass is 10.3. The molecular formula is C9H10ClN5O. The van der Waals surface area contributed by atoms with Gasteiger partial charge in [0.05, 0.1) is 5.02 Å². The van der Waals surface area contributed by atoms with E-state index < -0.39 is 0 Å². The zero-order valence-electron chi connectivity index (χ0n) is 8.59. The molecule has 0 aromatic carbocycles. The zero-order valence-corrected chi connectivity index (χ0v) is 9.35. The minimum Gasteiger partial charge on any atom is -0.404 e. The van der Waals surface area contributed by atoms with E-state index in [4.69, 9.17) is 22.1 Å². The van der Waals surface area contributed by atoms with Gasteiger partial charge < -0.3 is 10.5 Å². The van der Waals surface area contributed by atoms with Crippen molar-refractivity contribution in [3.63, 3.8) is 0 Å². The highest BCUT2D eigenvalue weighted by atomic mass is 35.5. The van der Waals surface area contributed by atoms with Gasteiger partial charge in [0.1, 0.15) is 6.33 Å². The van der Waals surface area contributed by atoms with Gasteiger partial charge in [0, 0.05) is 25.9 Å². The lowest BCUT2D eigenvalue weighted by Crippen LogP contribution is -1.99. The summed E-state index contributed by atoms with van der Waals surface area (Å²) in [6, 6.07) is 1.90. The maximum Gasteiger partial charge on any atom is 0.342 e. The van der Waals surface area contributed by atoms with Gasteiger partial charge in [-0.3, -0.25) is 4.68 Å². The molecule has 84 valence electrons. The van der Waals surface area contributed by atoms with Gasteiger partial charge >= 0.3 is 6.01 Å². The molecule has 0 amide bonds. The molecule has 0 unspecified atom stereocenters. The van der Waals surface area contributed by atoms with Crippen molar-refractivity contribution < 1.29 is 4.74 Å². The molecule has 16 heavy (non-hydrogen) atoms. The molecule has 0 radical (unpaired) electrons. The summed E-state index contributed by atoms with van der Waals surface area (Å²) in [5.74, 6) is 0.371. The predicted octanol–water partition coefficient (Wildman–Crippen LogP) is 1.11. The van der Waals surface area contributed by atoms with Crippen molar-refractivity contribution >= 4 is 11.6 Å². The Bertz CT molecular complexity index is 498. The van der Waals surface area contributed by atoms with Gasteiger partial charge in [0.2, 0.25) is 5.88 Å². The van der Waals surface area contributed by atoms with Crippen molar-refractivity contribution in [3.8, 4) is 11.9 Å². The van der Waals surface area contributed by atoms with E-state index in [0.29, 0.717) is 17.4 Å². The number of rotatable bonds is 3. The van der Waals surface area contributed by atoms with E-state index in [-0.39, 0.29) is 6.01 Å². The van der Waals surface area contributed by atoms with Crippen LogP contribution in [0.5, 0.6) is 11.9 Å². The van der Waals surface area contributed by atoms with E-state index in [2.05, 4.69) is 15.1 Å². The number of hydrogen-bond donors (Lipinski definition) is 1. The molecule has 2 rings (SSSR count). The smallest absolute Gasteiger partial charge is 0.342 e. The third kappa shape index (κ3) is 2.29. The number of aryl methyl sites for hydroxylation is 1. The third-order valence-electron chi connectivity index (χ3n) is 1.90. The van der Waals surface area contributed by atoms with Crippen LogP contribution in [0.3, 0.4) is 0 Å². The van der Waals surface area contributed by atoms with Crippen LogP contribution >= 0.6 is 11.6 Å². The Kier molecular flexibility index (Phi) is 3.02. The molecule has 0 aliphatic carbocycles. The average Bonchev–Trinajstić information content (AvgIpc) is 2.67. The first-order valence-electron chi connectivity index (χ1n) is 4.57. The van der Waals surface area contributed by atoms with Gasteiger partial charge in [-0.2, -0.15) is 4.98 Å². The molecule has 2 aromatic rings. The van der Waals surface area contributed by atoms with Crippen LogP contribution in [0.25, 0.3) is 0 Å². The molecule has 7 heteroatoms. The van der Waals surface area contributed by atoms with E-state index in [0.717, 1.165) is 5.56 Å². The molecule has 0 bridgehead atoms. The van der Waals surface area contributed by atoms with Crippen LogP contribution in [0.4, 0.5) is 0 Å². The maximum absolute atomic E-state index is 5.87. The Balaban J connectivity index is 2.21. The fourth-order valence-corrected chi connectivity index (χ4v) is 1.31. The maximum atomic E-state index is 5.87. The van der Waals surface area contributed by atoms with Crippen LogP contribution in [0, 0.1) is 0 Å². The summed E-state index contributed by atoms with van der Waals surface area (Å²) >= 11 is 5.87. The van der Waals surface area contributed by atoms with E-state index in [1.807, 2.05) is 0 Å². The molecule has 2 N–H and O–H groups in total. The quantitative estimate of drug-likeness (QED) is 0.868. The molecule has 0 fully saturated rings. The fourth-order valence-electron chi connectivity index (χ4n) is 1.13. The number of aromatic nitrogens is 4. The summed E-state index contributed by atoms with van der Waals surface area (Å²) in [6.45, 7) is 0.327. The Hall–Kier alpha value is -1.66. The lowest BCUT2D eigenvalue weighted by Gasteiger charge is -2.03. The van der Waals surface area contributed by atoms with Gasteiger partial charge in [-0.05, 0) is 5.56 Å². The summed E-state index contributed by atoms with van der Waals surface area (Å²) in [7, 11) is 1.75. The molecule has 0 spiro atoms. The van der Waals surface area contributed by atoms with Crippen molar-refractivity contribution in [3.05, 3.63) is 29.2 Å². The lowest BCUT2D eigenvalue weighted by molar-refractivity contribution is 0.422. The molecule has 0 saturated carbocycles. The minimum absolute atomic E-state index is 0.236. The number of nitrogens with zero attached hydrogens (tertiary/aromatic N) is 4. The SMILES string of the molecule is Cn1cnc(Oc2cc(CN)c(Cl)cn2)n1. The molecule has 2 aromatic heterocycles. The molecule has 0 atom stereocenters. The summed E-state index contributed by atoms with van der Waals surface area (Å²) in [4.78, 5) is 7.91. The summed E-state index contributed by atoms with van der Waals surface area (Å²) in [5.41, 5.74) is 6.28. The molecular weight excluding hydrogens is 230 g/mol. The fraction of sp³-hybridized carbons (Fsp3) is 0.222. The third-order valence-corrected chi connectivity index (χ3v) is 2.24. The summed E-state index contributed by atoms with van der Waals surface area (Å²) in [6.07, 6.45) is 3.02. The van der Waals surface area contributed by atoms with Gasteiger partial charge in [-0.25, -0.2) is 4.98 Å². The van der Waals surface area contributed by atoms with Gasteiger partial charge in [0.15, 0.2) is 0 Å². The predicted molar refractivity (Wildman–Crippen MR) is 58.2 cm³/mol. The van der Waals surface area contributed by atoms with Crippen LogP contribution in [0.2, 0.25) is 5.02 Å². The van der Waals surface area contributed by atoms with Crippen molar-refractivity contribution in [1.82, 2.24) is 19.7 Å². The Labute approximate surface area is 97.0 Å². The topological polar surface area (TPSA) is 78.9 Å². The summed E-state index contributed by atoms with van der Waals surface area (Å²) < 4.78 is 6.87. The zero-order chi connectivity index (χ0) is 11.5. The van der Waals surface area contributed by atoms with Crippen LogP contribution in [-0.4, -0.2) is 19.7 Å². The first kappa shape index (κ1) is 10.8. The van der Waals surface area contributed by atoms with Crippen LogP contribution in [-0.2, 0) is 13.6 Å². The van der Waals surface area contributed by atoms with Crippen molar-refractivity contribution in [2.75, 3.05) is 0 Å². The standard InChI is InChI=1S/C9H10ClN5O/c1-15-5-13-9(14-15)16-8-2-6(3-11)7(10)4-12-8/h2,4-5H,3,11H2,1H3. The number of nitrogens with two attached hydrogens (primary N) is 1. The number of hydrogen-bond acceptors (Lipinski definition) is 5. The van der Waals surface area contributed by atoms with Gasteiger partial charge in [0.25, 0.3) is 0 Å². The molecule has 0 aliphatic rings. The van der Waals surface area contributed by atoms with Crippen LogP contribution < -0.4 is 10.5 Å². The van der Waals surface area contributed by atoms with E-state index in [1.54, 1.807) is 13.1 Å². The molecule has 6 nitrogen and oxygen atoms in total. The number of ether oxygens (including phenoxy) is 1. The highest BCUT2D eigenvalue weighted by Gasteiger charge is 2.06. The van der Waals surface area contributed by atoms with Gasteiger partial charge in [-0.15, -0.1) is 5.10 Å². The first-order chi connectivity index (χ1) is 7.69. The summed E-state index contributed by atoms with van der Waals surface area (Å²) in [5, 5.41) is 4.48. The first-order valence-corrected chi connectivity index (χ1v) is 4.95. The Morgan fingerprint density at radius 3 is 2.94 bits per heavy atom. The average molecular weight is 240 g/mol. The second-order valence-corrected chi connectivity index (χ2v) is 3.53.